The third-order valence-corrected chi connectivity index (χ3v) is 10.5. The second-order valence-corrected chi connectivity index (χ2v) is 13.2. The molecule has 4 amide bonds. The zero-order chi connectivity index (χ0) is 28.9. The van der Waals surface area contributed by atoms with Gasteiger partial charge in [0.05, 0.1) is 12.5 Å². The number of carbonyl (C=O) groups is 3. The van der Waals surface area contributed by atoms with Gasteiger partial charge in [-0.1, -0.05) is 43.9 Å². The fourth-order valence-corrected chi connectivity index (χ4v) is 7.97. The number of hydrogen-bond donors (Lipinski definition) is 2. The summed E-state index contributed by atoms with van der Waals surface area (Å²) in [5, 5.41) is 6.69. The fourth-order valence-electron chi connectivity index (χ4n) is 7.97. The third-order valence-electron chi connectivity index (χ3n) is 10.5. The summed E-state index contributed by atoms with van der Waals surface area (Å²) in [7, 11) is 0. The molecule has 2 N–H and O–H groups in total. The molecule has 0 bridgehead atoms. The van der Waals surface area contributed by atoms with Crippen LogP contribution in [0.15, 0.2) is 24.3 Å². The van der Waals surface area contributed by atoms with Crippen molar-refractivity contribution in [2.75, 3.05) is 44.6 Å². The first-order chi connectivity index (χ1) is 20.5. The first-order valence-electron chi connectivity index (χ1n) is 16.8. The van der Waals surface area contributed by atoms with Crippen molar-refractivity contribution in [3.8, 4) is 0 Å². The van der Waals surface area contributed by atoms with E-state index in [9.17, 15) is 14.4 Å². The average Bonchev–Trinajstić information content (AvgIpc) is 3.05. The monoisotopic (exact) mass is 578 g/mol. The van der Waals surface area contributed by atoms with Gasteiger partial charge in [0, 0.05) is 56.5 Å². The number of hydrogen-bond acceptors (Lipinski definition) is 5. The summed E-state index contributed by atoms with van der Waals surface area (Å²) in [6.07, 6.45) is 13.6. The molecule has 3 saturated heterocycles. The van der Waals surface area contributed by atoms with Crippen LogP contribution in [-0.2, 0) is 16.1 Å². The molecule has 9 nitrogen and oxygen atoms in total. The van der Waals surface area contributed by atoms with Gasteiger partial charge in [-0.15, -0.1) is 0 Å². The number of nitrogens with zero attached hydrogens (tertiary/aromatic N) is 4. The third kappa shape index (κ3) is 6.94. The summed E-state index contributed by atoms with van der Waals surface area (Å²) in [6.45, 7) is 5.85. The number of nitrogens with one attached hydrogen (secondary N) is 2. The molecular formula is C33H50N6O3. The smallest absolute Gasteiger partial charge is 0.322 e. The van der Waals surface area contributed by atoms with Crippen molar-refractivity contribution in [1.29, 1.82) is 0 Å². The van der Waals surface area contributed by atoms with Crippen molar-refractivity contribution in [3.63, 3.8) is 0 Å². The van der Waals surface area contributed by atoms with Gasteiger partial charge < -0.3 is 30.2 Å². The lowest BCUT2D eigenvalue weighted by Crippen LogP contribution is -2.56. The van der Waals surface area contributed by atoms with E-state index in [0.717, 1.165) is 62.9 Å². The number of amides is 4. The Kier molecular flexibility index (Phi) is 9.64. The molecule has 5 aliphatic rings. The molecule has 1 saturated carbocycles. The normalized spacial score (nSPS) is 24.3. The number of para-hydroxylation sites is 1. The molecule has 4 heterocycles. The van der Waals surface area contributed by atoms with Crippen LogP contribution in [0.1, 0.15) is 89.0 Å². The number of anilines is 1. The van der Waals surface area contributed by atoms with E-state index in [4.69, 9.17) is 0 Å². The van der Waals surface area contributed by atoms with Crippen LogP contribution in [0.3, 0.4) is 0 Å². The van der Waals surface area contributed by atoms with Gasteiger partial charge in [0.15, 0.2) is 0 Å². The van der Waals surface area contributed by atoms with Gasteiger partial charge in [-0.2, -0.15) is 0 Å². The van der Waals surface area contributed by atoms with E-state index in [2.05, 4.69) is 21.6 Å². The van der Waals surface area contributed by atoms with Crippen molar-refractivity contribution >= 4 is 23.5 Å². The van der Waals surface area contributed by atoms with Crippen molar-refractivity contribution in [1.82, 2.24) is 24.9 Å². The van der Waals surface area contributed by atoms with Gasteiger partial charge in [0.2, 0.25) is 11.8 Å². The molecule has 42 heavy (non-hydrogen) atoms. The van der Waals surface area contributed by atoms with Crippen molar-refractivity contribution < 1.29 is 14.4 Å². The lowest BCUT2D eigenvalue weighted by molar-refractivity contribution is -0.141. The molecule has 0 aromatic heterocycles. The maximum Gasteiger partial charge on any atom is 0.322 e. The van der Waals surface area contributed by atoms with Crippen LogP contribution in [0.4, 0.5) is 10.5 Å². The zero-order valence-electron chi connectivity index (χ0n) is 25.3. The molecule has 0 radical (unpaired) electrons. The number of rotatable bonds is 7. The van der Waals surface area contributed by atoms with Crippen LogP contribution in [-0.4, -0.2) is 101 Å². The Bertz CT molecular complexity index is 1090. The van der Waals surface area contributed by atoms with Gasteiger partial charge in [0.25, 0.3) is 0 Å². The highest BCUT2D eigenvalue weighted by molar-refractivity contribution is 5.92. The number of benzene rings is 1. The molecule has 1 atom stereocenters. The van der Waals surface area contributed by atoms with Gasteiger partial charge in [-0.25, -0.2) is 4.79 Å². The van der Waals surface area contributed by atoms with E-state index >= 15 is 0 Å². The van der Waals surface area contributed by atoms with E-state index in [1.54, 1.807) is 0 Å². The standard InChI is InChI=1S/C33H50N6O3/c40-31(37-19-15-28(16-20-37)39-24-25-9-5-6-12-29(25)35-33(39)42)23-30(34-26-10-3-1-4-11-26)32(41)38-21-13-27(14-22-38)36-17-7-2-8-18-36/h5-6,9,12,26-28,30,34H,1-4,7-8,10-11,13-24H2,(H,35,42)/t30-/m0/s1. The Morgan fingerprint density at radius 1 is 0.786 bits per heavy atom. The van der Waals surface area contributed by atoms with Crippen molar-refractivity contribution in [2.45, 2.75) is 114 Å². The summed E-state index contributed by atoms with van der Waals surface area (Å²) in [4.78, 5) is 48.9. The Labute approximate surface area is 251 Å². The average molecular weight is 579 g/mol. The summed E-state index contributed by atoms with van der Waals surface area (Å²) < 4.78 is 0. The number of urea groups is 1. The van der Waals surface area contributed by atoms with Crippen molar-refractivity contribution in [3.05, 3.63) is 29.8 Å². The van der Waals surface area contributed by atoms with E-state index in [1.807, 2.05) is 32.9 Å². The molecule has 1 aliphatic carbocycles. The van der Waals surface area contributed by atoms with E-state index in [0.29, 0.717) is 31.7 Å². The van der Waals surface area contributed by atoms with Gasteiger partial charge >= 0.3 is 6.03 Å². The molecule has 4 fully saturated rings. The van der Waals surface area contributed by atoms with Gasteiger partial charge in [-0.3, -0.25) is 9.59 Å². The first-order valence-corrected chi connectivity index (χ1v) is 16.8. The highest BCUT2D eigenvalue weighted by atomic mass is 16.2. The lowest BCUT2D eigenvalue weighted by Gasteiger charge is -2.42. The van der Waals surface area contributed by atoms with Gasteiger partial charge in [0.1, 0.15) is 0 Å². The summed E-state index contributed by atoms with van der Waals surface area (Å²) in [5.74, 6) is 0.177. The highest BCUT2D eigenvalue weighted by Gasteiger charge is 2.36. The molecule has 1 aromatic rings. The summed E-state index contributed by atoms with van der Waals surface area (Å²) in [6, 6.07) is 8.48. The van der Waals surface area contributed by atoms with Crippen LogP contribution in [0.25, 0.3) is 0 Å². The van der Waals surface area contributed by atoms with Crippen LogP contribution in [0, 0.1) is 0 Å². The Balaban J connectivity index is 1.04. The number of likely N-dealkylation sites (tertiary alicyclic amines) is 3. The molecule has 9 heteroatoms. The minimum absolute atomic E-state index is 0.0510. The second kappa shape index (κ2) is 13.8. The topological polar surface area (TPSA) is 88.2 Å². The molecule has 0 spiro atoms. The quantitative estimate of drug-likeness (QED) is 0.507. The number of carbonyl (C=O) groups excluding carboxylic acids is 3. The second-order valence-electron chi connectivity index (χ2n) is 13.2. The van der Waals surface area contributed by atoms with Crippen molar-refractivity contribution in [2.24, 2.45) is 0 Å². The van der Waals surface area contributed by atoms with E-state index in [1.165, 1.54) is 51.6 Å². The predicted molar refractivity (Wildman–Crippen MR) is 164 cm³/mol. The number of piperidine rings is 3. The first kappa shape index (κ1) is 29.4. The Hall–Kier alpha value is -2.65. The maximum absolute atomic E-state index is 13.9. The lowest BCUT2D eigenvalue weighted by atomic mass is 9.93. The number of fused-ring (bicyclic) bond motifs is 1. The van der Waals surface area contributed by atoms with E-state index in [-0.39, 0.29) is 30.3 Å². The SMILES string of the molecule is O=C(C[C@H](NC1CCCCC1)C(=O)N1CCC(N2CCCCC2)CC1)N1CCC(N2Cc3ccccc3NC2=O)CC1. The van der Waals surface area contributed by atoms with Gasteiger partial charge in [-0.05, 0) is 76.1 Å². The molecule has 0 unspecified atom stereocenters. The largest absolute Gasteiger partial charge is 0.342 e. The molecule has 6 rings (SSSR count). The molecule has 1 aromatic carbocycles. The minimum Gasteiger partial charge on any atom is -0.342 e. The van der Waals surface area contributed by atoms with Crippen LogP contribution < -0.4 is 10.6 Å². The molecule has 230 valence electrons. The van der Waals surface area contributed by atoms with Crippen LogP contribution in [0.2, 0.25) is 0 Å². The zero-order valence-corrected chi connectivity index (χ0v) is 25.3. The van der Waals surface area contributed by atoms with E-state index < -0.39 is 6.04 Å². The summed E-state index contributed by atoms with van der Waals surface area (Å²) >= 11 is 0. The highest BCUT2D eigenvalue weighted by Crippen LogP contribution is 2.28. The predicted octanol–water partition coefficient (Wildman–Crippen LogP) is 4.18. The van der Waals surface area contributed by atoms with Crippen LogP contribution in [0.5, 0.6) is 0 Å². The molecule has 4 aliphatic heterocycles. The Morgan fingerprint density at radius 3 is 2.17 bits per heavy atom. The fraction of sp³-hybridized carbons (Fsp3) is 0.727. The summed E-state index contributed by atoms with van der Waals surface area (Å²) in [5.41, 5.74) is 2.02. The maximum atomic E-state index is 13.9. The minimum atomic E-state index is -0.450. The van der Waals surface area contributed by atoms with Crippen LogP contribution >= 0.6 is 0 Å². The molecular weight excluding hydrogens is 528 g/mol. The Morgan fingerprint density at radius 2 is 1.43 bits per heavy atom.